The minimum absolute atomic E-state index is 0.225. The first kappa shape index (κ1) is 9.81. The van der Waals surface area contributed by atoms with Gasteiger partial charge in [-0.2, -0.15) is 0 Å². The van der Waals surface area contributed by atoms with Crippen molar-refractivity contribution in [2.75, 3.05) is 6.54 Å². The Morgan fingerprint density at radius 3 is 2.86 bits per heavy atom. The van der Waals surface area contributed by atoms with Crippen molar-refractivity contribution in [3.05, 3.63) is 28.3 Å². The van der Waals surface area contributed by atoms with E-state index in [9.17, 15) is 5.11 Å². The largest absolute Gasteiger partial charge is 0.508 e. The molecule has 1 fully saturated rings. The van der Waals surface area contributed by atoms with Gasteiger partial charge in [-0.15, -0.1) is 0 Å². The first-order valence-electron chi connectivity index (χ1n) is 4.91. The molecule has 1 aromatic carbocycles. The van der Waals surface area contributed by atoms with E-state index in [1.165, 1.54) is 0 Å². The lowest BCUT2D eigenvalue weighted by Gasteiger charge is -2.15. The number of hydrogen-bond acceptors (Lipinski definition) is 2. The summed E-state index contributed by atoms with van der Waals surface area (Å²) in [6, 6.07) is 3.89. The van der Waals surface area contributed by atoms with Crippen molar-refractivity contribution < 1.29 is 5.11 Å². The third kappa shape index (κ3) is 1.72. The Kier molecular flexibility index (Phi) is 2.66. The normalized spacial score (nSPS) is 21.4. The highest BCUT2D eigenvalue weighted by Crippen LogP contribution is 2.36. The molecular weight excluding hydrogens is 198 g/mol. The highest BCUT2D eigenvalue weighted by molar-refractivity contribution is 6.31. The third-order valence-corrected chi connectivity index (χ3v) is 2.97. The van der Waals surface area contributed by atoms with E-state index >= 15 is 0 Å². The van der Waals surface area contributed by atoms with Crippen molar-refractivity contribution in [2.24, 2.45) is 0 Å². The van der Waals surface area contributed by atoms with E-state index in [0.717, 1.165) is 30.5 Å². The topological polar surface area (TPSA) is 32.3 Å². The standard InChI is InChI=1S/C11H14ClNO/c1-7-5-8(12)11(10(14)6-7)9-3-2-4-13-9/h5-6,9,13-14H,2-4H2,1H3. The maximum Gasteiger partial charge on any atom is 0.122 e. The van der Waals surface area contributed by atoms with Crippen LogP contribution in [0.2, 0.25) is 5.02 Å². The Morgan fingerprint density at radius 2 is 2.29 bits per heavy atom. The number of nitrogens with one attached hydrogen (secondary N) is 1. The first-order valence-corrected chi connectivity index (χ1v) is 5.28. The Bertz CT molecular complexity index is 322. The summed E-state index contributed by atoms with van der Waals surface area (Å²) in [6.45, 7) is 2.94. The second-order valence-electron chi connectivity index (χ2n) is 3.83. The van der Waals surface area contributed by atoms with Gasteiger partial charge in [-0.1, -0.05) is 11.6 Å². The molecule has 1 saturated heterocycles. The van der Waals surface area contributed by atoms with Crippen LogP contribution in [-0.2, 0) is 0 Å². The Hall–Kier alpha value is -0.730. The molecule has 1 unspecified atom stereocenters. The molecule has 3 heteroatoms. The highest BCUT2D eigenvalue weighted by atomic mass is 35.5. The molecule has 2 N–H and O–H groups in total. The molecule has 2 rings (SSSR count). The van der Waals surface area contributed by atoms with E-state index in [1.54, 1.807) is 6.07 Å². The summed E-state index contributed by atoms with van der Waals surface area (Å²) in [7, 11) is 0. The lowest BCUT2D eigenvalue weighted by atomic mass is 10.0. The molecule has 76 valence electrons. The van der Waals surface area contributed by atoms with Gasteiger partial charge in [0.2, 0.25) is 0 Å². The fourth-order valence-electron chi connectivity index (χ4n) is 2.01. The molecule has 0 radical (unpaired) electrons. The summed E-state index contributed by atoms with van der Waals surface area (Å²) in [5, 5.41) is 13.8. The number of aromatic hydroxyl groups is 1. The summed E-state index contributed by atoms with van der Waals surface area (Å²) in [5.74, 6) is 0.314. The van der Waals surface area contributed by atoms with E-state index in [4.69, 9.17) is 11.6 Å². The summed E-state index contributed by atoms with van der Waals surface area (Å²) >= 11 is 6.11. The number of rotatable bonds is 1. The number of phenols is 1. The number of benzene rings is 1. The van der Waals surface area contributed by atoms with E-state index in [0.29, 0.717) is 10.8 Å². The molecule has 1 aliphatic heterocycles. The molecular formula is C11H14ClNO. The molecule has 14 heavy (non-hydrogen) atoms. The van der Waals surface area contributed by atoms with E-state index in [2.05, 4.69) is 5.32 Å². The zero-order valence-corrected chi connectivity index (χ0v) is 8.93. The van der Waals surface area contributed by atoms with Gasteiger partial charge < -0.3 is 10.4 Å². The molecule has 1 atom stereocenters. The van der Waals surface area contributed by atoms with Crippen LogP contribution in [0.1, 0.15) is 30.0 Å². The molecule has 0 spiro atoms. The number of halogens is 1. The summed E-state index contributed by atoms with van der Waals surface area (Å²) in [6.07, 6.45) is 2.20. The zero-order chi connectivity index (χ0) is 10.1. The number of hydrogen-bond donors (Lipinski definition) is 2. The average molecular weight is 212 g/mol. The van der Waals surface area contributed by atoms with Crippen molar-refractivity contribution in [1.29, 1.82) is 0 Å². The van der Waals surface area contributed by atoms with Crippen LogP contribution in [0.5, 0.6) is 5.75 Å². The molecule has 0 amide bonds. The van der Waals surface area contributed by atoms with Gasteiger partial charge in [-0.25, -0.2) is 0 Å². The Balaban J connectivity index is 2.40. The third-order valence-electron chi connectivity index (χ3n) is 2.66. The lowest BCUT2D eigenvalue weighted by molar-refractivity contribution is 0.456. The molecule has 1 heterocycles. The minimum atomic E-state index is 0.225. The lowest BCUT2D eigenvalue weighted by Crippen LogP contribution is -2.13. The fourth-order valence-corrected chi connectivity index (χ4v) is 2.41. The van der Waals surface area contributed by atoms with Gasteiger partial charge in [0.05, 0.1) is 0 Å². The smallest absolute Gasteiger partial charge is 0.122 e. The SMILES string of the molecule is Cc1cc(O)c(C2CCCN2)c(Cl)c1. The molecule has 1 aromatic rings. The van der Waals surface area contributed by atoms with Crippen LogP contribution in [-0.4, -0.2) is 11.7 Å². The molecule has 2 nitrogen and oxygen atoms in total. The van der Waals surface area contributed by atoms with Crippen LogP contribution in [0.3, 0.4) is 0 Å². The summed E-state index contributed by atoms with van der Waals surface area (Å²) in [5.41, 5.74) is 1.85. The van der Waals surface area contributed by atoms with Crippen LogP contribution in [0.4, 0.5) is 0 Å². The molecule has 0 bridgehead atoms. The minimum Gasteiger partial charge on any atom is -0.508 e. The molecule has 0 aromatic heterocycles. The van der Waals surface area contributed by atoms with Crippen molar-refractivity contribution in [3.8, 4) is 5.75 Å². The molecule has 1 aliphatic rings. The predicted molar refractivity (Wildman–Crippen MR) is 57.8 cm³/mol. The quantitative estimate of drug-likeness (QED) is 0.749. The second-order valence-corrected chi connectivity index (χ2v) is 4.24. The van der Waals surface area contributed by atoms with Crippen LogP contribution in [0, 0.1) is 6.92 Å². The van der Waals surface area contributed by atoms with Gasteiger partial charge in [0, 0.05) is 16.6 Å². The number of phenolic OH excluding ortho intramolecular Hbond substituents is 1. The van der Waals surface area contributed by atoms with Crippen molar-refractivity contribution in [3.63, 3.8) is 0 Å². The zero-order valence-electron chi connectivity index (χ0n) is 8.18. The second kappa shape index (κ2) is 3.79. The van der Waals surface area contributed by atoms with E-state index in [1.807, 2.05) is 13.0 Å². The highest BCUT2D eigenvalue weighted by Gasteiger charge is 2.21. The first-order chi connectivity index (χ1) is 6.68. The van der Waals surface area contributed by atoms with Gasteiger partial charge >= 0.3 is 0 Å². The Morgan fingerprint density at radius 1 is 1.50 bits per heavy atom. The van der Waals surface area contributed by atoms with E-state index in [-0.39, 0.29) is 6.04 Å². The monoisotopic (exact) mass is 211 g/mol. The van der Waals surface area contributed by atoms with E-state index < -0.39 is 0 Å². The average Bonchev–Trinajstić information content (AvgIpc) is 2.54. The van der Waals surface area contributed by atoms with Crippen LogP contribution >= 0.6 is 11.6 Å². The van der Waals surface area contributed by atoms with Crippen molar-refractivity contribution >= 4 is 11.6 Å². The molecule has 0 saturated carbocycles. The van der Waals surface area contributed by atoms with Crippen LogP contribution in [0.25, 0.3) is 0 Å². The van der Waals surface area contributed by atoms with Gasteiger partial charge in [0.25, 0.3) is 0 Å². The van der Waals surface area contributed by atoms with Crippen molar-refractivity contribution in [2.45, 2.75) is 25.8 Å². The summed E-state index contributed by atoms with van der Waals surface area (Å²) < 4.78 is 0. The fraction of sp³-hybridized carbons (Fsp3) is 0.455. The Labute approximate surface area is 88.9 Å². The van der Waals surface area contributed by atoms with Crippen LogP contribution < -0.4 is 5.32 Å². The van der Waals surface area contributed by atoms with Gasteiger partial charge in [0.15, 0.2) is 0 Å². The van der Waals surface area contributed by atoms with Gasteiger partial charge in [0.1, 0.15) is 5.75 Å². The molecule has 0 aliphatic carbocycles. The predicted octanol–water partition coefficient (Wildman–Crippen LogP) is 2.78. The maximum absolute atomic E-state index is 9.81. The number of aryl methyl sites for hydroxylation is 1. The summed E-state index contributed by atoms with van der Waals surface area (Å²) in [4.78, 5) is 0. The van der Waals surface area contributed by atoms with Crippen LogP contribution in [0.15, 0.2) is 12.1 Å². The maximum atomic E-state index is 9.81. The van der Waals surface area contributed by atoms with Gasteiger partial charge in [-0.05, 0) is 44.0 Å². The van der Waals surface area contributed by atoms with Crippen molar-refractivity contribution in [1.82, 2.24) is 5.32 Å². The van der Waals surface area contributed by atoms with Gasteiger partial charge in [-0.3, -0.25) is 0 Å².